The summed E-state index contributed by atoms with van der Waals surface area (Å²) in [4.78, 5) is 0. The Kier molecular flexibility index (Phi) is 4.98. The molecule has 0 radical (unpaired) electrons. The Morgan fingerprint density at radius 1 is 1.00 bits per heavy atom. The molecule has 2 unspecified atom stereocenters. The minimum atomic E-state index is -0.00927. The maximum absolute atomic E-state index is 5.90. The highest BCUT2D eigenvalue weighted by Crippen LogP contribution is 2.21. The molecule has 0 amide bonds. The Bertz CT molecular complexity index is 133. The lowest BCUT2D eigenvalue weighted by Gasteiger charge is -2.29. The van der Waals surface area contributed by atoms with Gasteiger partial charge >= 0.3 is 0 Å². The number of hydrogen-bond acceptors (Lipinski definition) is 1. The molecular formula is C12H26O. The molecule has 0 saturated heterocycles. The van der Waals surface area contributed by atoms with Gasteiger partial charge < -0.3 is 4.74 Å². The van der Waals surface area contributed by atoms with E-state index in [9.17, 15) is 0 Å². The van der Waals surface area contributed by atoms with Crippen LogP contribution in [-0.4, -0.2) is 11.7 Å². The van der Waals surface area contributed by atoms with Gasteiger partial charge in [0.15, 0.2) is 0 Å². The molecular weight excluding hydrogens is 160 g/mol. The summed E-state index contributed by atoms with van der Waals surface area (Å²) >= 11 is 0. The van der Waals surface area contributed by atoms with Crippen molar-refractivity contribution in [3.63, 3.8) is 0 Å². The summed E-state index contributed by atoms with van der Waals surface area (Å²) in [6.07, 6.45) is 1.61. The standard InChI is InChI=1S/C12H26O/c1-9(2)8-10(3)11(4)13-12(5,6)7/h9-11H,8H2,1-7H3. The van der Waals surface area contributed by atoms with Gasteiger partial charge in [-0.3, -0.25) is 0 Å². The first-order valence-corrected chi connectivity index (χ1v) is 5.40. The van der Waals surface area contributed by atoms with Crippen molar-refractivity contribution >= 4 is 0 Å². The van der Waals surface area contributed by atoms with E-state index in [0.717, 1.165) is 5.92 Å². The van der Waals surface area contributed by atoms with Crippen molar-refractivity contribution < 1.29 is 4.74 Å². The van der Waals surface area contributed by atoms with E-state index in [0.29, 0.717) is 12.0 Å². The summed E-state index contributed by atoms with van der Waals surface area (Å²) in [5, 5.41) is 0. The van der Waals surface area contributed by atoms with E-state index in [1.54, 1.807) is 0 Å². The topological polar surface area (TPSA) is 9.23 Å². The first-order chi connectivity index (χ1) is 5.72. The zero-order chi connectivity index (χ0) is 10.6. The lowest BCUT2D eigenvalue weighted by atomic mass is 9.94. The van der Waals surface area contributed by atoms with Crippen LogP contribution >= 0.6 is 0 Å². The van der Waals surface area contributed by atoms with Crippen molar-refractivity contribution in [2.75, 3.05) is 0 Å². The molecule has 0 bridgehead atoms. The van der Waals surface area contributed by atoms with Gasteiger partial charge in [0.1, 0.15) is 0 Å². The van der Waals surface area contributed by atoms with Gasteiger partial charge in [-0.2, -0.15) is 0 Å². The fourth-order valence-corrected chi connectivity index (χ4v) is 1.61. The molecule has 0 rings (SSSR count). The molecule has 2 atom stereocenters. The summed E-state index contributed by atoms with van der Waals surface area (Å²) in [6.45, 7) is 15.3. The molecule has 0 spiro atoms. The second-order valence-electron chi connectivity index (χ2n) is 5.54. The number of ether oxygens (including phenoxy) is 1. The molecule has 0 aromatic rings. The monoisotopic (exact) mass is 186 g/mol. The Morgan fingerprint density at radius 3 is 1.77 bits per heavy atom. The van der Waals surface area contributed by atoms with Crippen LogP contribution < -0.4 is 0 Å². The average molecular weight is 186 g/mol. The van der Waals surface area contributed by atoms with Crippen LogP contribution in [0.2, 0.25) is 0 Å². The van der Waals surface area contributed by atoms with Crippen LogP contribution in [0.25, 0.3) is 0 Å². The predicted molar refractivity (Wildman–Crippen MR) is 58.9 cm³/mol. The molecule has 0 fully saturated rings. The van der Waals surface area contributed by atoms with Crippen molar-refractivity contribution in [3.8, 4) is 0 Å². The van der Waals surface area contributed by atoms with Crippen LogP contribution in [0.5, 0.6) is 0 Å². The van der Waals surface area contributed by atoms with Crippen LogP contribution in [0.4, 0.5) is 0 Å². The highest BCUT2D eigenvalue weighted by atomic mass is 16.5. The first-order valence-electron chi connectivity index (χ1n) is 5.40. The lowest BCUT2D eigenvalue weighted by Crippen LogP contribution is -2.30. The Labute approximate surface area is 83.9 Å². The third kappa shape index (κ3) is 7.06. The van der Waals surface area contributed by atoms with Gasteiger partial charge in [-0.25, -0.2) is 0 Å². The van der Waals surface area contributed by atoms with Gasteiger partial charge in [-0.15, -0.1) is 0 Å². The van der Waals surface area contributed by atoms with E-state index < -0.39 is 0 Å². The van der Waals surface area contributed by atoms with Crippen molar-refractivity contribution in [2.24, 2.45) is 11.8 Å². The number of hydrogen-bond donors (Lipinski definition) is 0. The third-order valence-electron chi connectivity index (χ3n) is 2.18. The molecule has 0 aliphatic carbocycles. The Hall–Kier alpha value is -0.0400. The minimum absolute atomic E-state index is 0.00927. The molecule has 0 aliphatic heterocycles. The quantitative estimate of drug-likeness (QED) is 0.647. The summed E-state index contributed by atoms with van der Waals surface area (Å²) in [5.74, 6) is 1.42. The molecule has 1 nitrogen and oxygen atoms in total. The SMILES string of the molecule is CC(C)CC(C)C(C)OC(C)(C)C. The van der Waals surface area contributed by atoms with Crippen LogP contribution in [-0.2, 0) is 4.74 Å². The molecule has 80 valence electrons. The molecule has 0 saturated carbocycles. The molecule has 0 aromatic carbocycles. The van der Waals surface area contributed by atoms with E-state index in [4.69, 9.17) is 4.74 Å². The van der Waals surface area contributed by atoms with Crippen molar-refractivity contribution in [3.05, 3.63) is 0 Å². The highest BCUT2D eigenvalue weighted by molar-refractivity contribution is 4.68. The minimum Gasteiger partial charge on any atom is -0.373 e. The van der Waals surface area contributed by atoms with Gasteiger partial charge in [0.25, 0.3) is 0 Å². The molecule has 0 N–H and O–H groups in total. The summed E-state index contributed by atoms with van der Waals surface area (Å²) in [5.41, 5.74) is -0.00927. The maximum atomic E-state index is 5.90. The van der Waals surface area contributed by atoms with Crippen LogP contribution in [0.3, 0.4) is 0 Å². The van der Waals surface area contributed by atoms with Crippen molar-refractivity contribution in [1.82, 2.24) is 0 Å². The van der Waals surface area contributed by atoms with Gasteiger partial charge in [0, 0.05) is 0 Å². The normalized spacial score (nSPS) is 17.5. The van der Waals surface area contributed by atoms with E-state index in [1.807, 2.05) is 0 Å². The zero-order valence-corrected chi connectivity index (χ0v) is 10.3. The molecule has 0 heterocycles. The van der Waals surface area contributed by atoms with E-state index in [1.165, 1.54) is 6.42 Å². The Balaban J connectivity index is 3.89. The number of rotatable bonds is 4. The first kappa shape index (κ1) is 13.0. The lowest BCUT2D eigenvalue weighted by molar-refractivity contribution is -0.0757. The van der Waals surface area contributed by atoms with E-state index >= 15 is 0 Å². The summed E-state index contributed by atoms with van der Waals surface area (Å²) in [7, 11) is 0. The van der Waals surface area contributed by atoms with E-state index in [2.05, 4.69) is 48.5 Å². The van der Waals surface area contributed by atoms with Gasteiger partial charge in [0.2, 0.25) is 0 Å². The third-order valence-corrected chi connectivity index (χ3v) is 2.18. The highest BCUT2D eigenvalue weighted by Gasteiger charge is 2.20. The smallest absolute Gasteiger partial charge is 0.0602 e. The average Bonchev–Trinajstić information content (AvgIpc) is 1.81. The zero-order valence-electron chi connectivity index (χ0n) is 10.3. The Morgan fingerprint density at radius 2 is 1.46 bits per heavy atom. The molecule has 0 aromatic heterocycles. The van der Waals surface area contributed by atoms with Gasteiger partial charge in [0.05, 0.1) is 11.7 Å². The molecule has 1 heteroatoms. The van der Waals surface area contributed by atoms with Crippen LogP contribution in [0.15, 0.2) is 0 Å². The van der Waals surface area contributed by atoms with Gasteiger partial charge in [-0.1, -0.05) is 20.8 Å². The fraction of sp³-hybridized carbons (Fsp3) is 1.00. The fourth-order valence-electron chi connectivity index (χ4n) is 1.61. The molecule has 13 heavy (non-hydrogen) atoms. The van der Waals surface area contributed by atoms with Crippen molar-refractivity contribution in [1.29, 1.82) is 0 Å². The van der Waals surface area contributed by atoms with Crippen LogP contribution in [0, 0.1) is 11.8 Å². The largest absolute Gasteiger partial charge is 0.373 e. The maximum Gasteiger partial charge on any atom is 0.0602 e. The second kappa shape index (κ2) is 4.99. The summed E-state index contributed by atoms with van der Waals surface area (Å²) in [6, 6.07) is 0. The second-order valence-corrected chi connectivity index (χ2v) is 5.54. The van der Waals surface area contributed by atoms with E-state index in [-0.39, 0.29) is 5.60 Å². The van der Waals surface area contributed by atoms with Gasteiger partial charge in [-0.05, 0) is 46.0 Å². The van der Waals surface area contributed by atoms with Crippen molar-refractivity contribution in [2.45, 2.75) is 66.6 Å². The predicted octanol–water partition coefficient (Wildman–Crippen LogP) is 3.87. The van der Waals surface area contributed by atoms with Crippen LogP contribution in [0.1, 0.15) is 54.9 Å². The summed E-state index contributed by atoms with van der Waals surface area (Å²) < 4.78 is 5.90. The molecule has 0 aliphatic rings.